The Morgan fingerprint density at radius 2 is 2.08 bits per heavy atom. The van der Waals surface area contributed by atoms with Crippen LogP contribution in [0.1, 0.15) is 37.4 Å². The number of rotatable bonds is 4. The molecular weight excluding hydrogens is 304 g/mol. The molecule has 1 aliphatic heterocycles. The van der Waals surface area contributed by atoms with Gasteiger partial charge in [0.2, 0.25) is 0 Å². The summed E-state index contributed by atoms with van der Waals surface area (Å²) in [6.07, 6.45) is 9.68. The molecule has 0 aromatic carbocycles. The Bertz CT molecular complexity index is 785. The van der Waals surface area contributed by atoms with Crippen LogP contribution in [-0.4, -0.2) is 38.7 Å². The maximum Gasteiger partial charge on any atom is 0.293 e. The molecule has 126 valence electrons. The Morgan fingerprint density at radius 1 is 1.21 bits per heavy atom. The Labute approximate surface area is 140 Å². The van der Waals surface area contributed by atoms with Crippen molar-refractivity contribution >= 4 is 11.6 Å². The minimum absolute atomic E-state index is 0.0452. The molecule has 2 fully saturated rings. The molecule has 3 heterocycles. The predicted octanol–water partition coefficient (Wildman–Crippen LogP) is 1.53. The molecule has 2 aliphatic rings. The van der Waals surface area contributed by atoms with E-state index in [0.717, 1.165) is 37.6 Å². The minimum Gasteiger partial charge on any atom is -0.365 e. The van der Waals surface area contributed by atoms with E-state index in [1.165, 1.54) is 12.8 Å². The lowest BCUT2D eigenvalue weighted by molar-refractivity contribution is 0.522. The first-order valence-corrected chi connectivity index (χ1v) is 8.57. The van der Waals surface area contributed by atoms with Crippen molar-refractivity contribution in [1.29, 1.82) is 0 Å². The first kappa shape index (κ1) is 15.1. The van der Waals surface area contributed by atoms with Gasteiger partial charge in [-0.2, -0.15) is 0 Å². The topological polar surface area (TPSA) is 75.9 Å². The van der Waals surface area contributed by atoms with Gasteiger partial charge in [-0.3, -0.25) is 4.79 Å². The van der Waals surface area contributed by atoms with Crippen molar-refractivity contribution in [2.45, 2.75) is 37.6 Å². The van der Waals surface area contributed by atoms with Gasteiger partial charge in [0.25, 0.3) is 5.56 Å². The van der Waals surface area contributed by atoms with Gasteiger partial charge < -0.3 is 14.8 Å². The number of aryl methyl sites for hydroxylation is 1. The van der Waals surface area contributed by atoms with Crippen LogP contribution < -0.4 is 15.8 Å². The summed E-state index contributed by atoms with van der Waals surface area (Å²) in [4.78, 5) is 27.6. The molecule has 0 radical (unpaired) electrons. The van der Waals surface area contributed by atoms with Crippen LogP contribution in [0.25, 0.3) is 0 Å². The quantitative estimate of drug-likeness (QED) is 0.918. The average molecular weight is 326 g/mol. The Kier molecular flexibility index (Phi) is 3.92. The summed E-state index contributed by atoms with van der Waals surface area (Å²) in [5.74, 6) is 2.91. The van der Waals surface area contributed by atoms with Gasteiger partial charge in [0.15, 0.2) is 5.82 Å². The maximum atomic E-state index is 12.3. The molecule has 24 heavy (non-hydrogen) atoms. The molecule has 1 atom stereocenters. The SMILES string of the molecule is Cn1ccnc(N2CCCC(Nc3ccnc(C4CC4)n3)C2)c1=O. The van der Waals surface area contributed by atoms with Crippen LogP contribution in [0.5, 0.6) is 0 Å². The van der Waals surface area contributed by atoms with E-state index in [4.69, 9.17) is 0 Å². The zero-order valence-corrected chi connectivity index (χ0v) is 13.9. The Hall–Kier alpha value is -2.44. The summed E-state index contributed by atoms with van der Waals surface area (Å²) in [5, 5.41) is 3.51. The standard InChI is InChI=1S/C17H22N6O/c1-22-10-8-19-16(17(22)24)23-9-2-3-13(11-23)20-14-6-7-18-15(21-14)12-4-5-12/h6-8,10,12-13H,2-5,9,11H2,1H3,(H,18,20,21). The lowest BCUT2D eigenvalue weighted by Gasteiger charge is -2.33. The number of nitrogens with one attached hydrogen (secondary N) is 1. The summed E-state index contributed by atoms with van der Waals surface area (Å²) in [6.45, 7) is 1.62. The fourth-order valence-corrected chi connectivity index (χ4v) is 3.19. The molecule has 4 rings (SSSR count). The first-order chi connectivity index (χ1) is 11.7. The molecule has 2 aromatic heterocycles. The van der Waals surface area contributed by atoms with E-state index in [1.807, 2.05) is 12.3 Å². The minimum atomic E-state index is -0.0452. The van der Waals surface area contributed by atoms with E-state index in [9.17, 15) is 4.79 Å². The van der Waals surface area contributed by atoms with Gasteiger partial charge in [-0.1, -0.05) is 0 Å². The number of anilines is 2. The monoisotopic (exact) mass is 326 g/mol. The van der Waals surface area contributed by atoms with Gasteiger partial charge in [0.05, 0.1) is 0 Å². The van der Waals surface area contributed by atoms with Gasteiger partial charge >= 0.3 is 0 Å². The second kappa shape index (κ2) is 6.22. The molecule has 1 unspecified atom stereocenters. The number of nitrogens with zero attached hydrogens (tertiary/aromatic N) is 5. The molecule has 1 saturated heterocycles. The van der Waals surface area contributed by atoms with Crippen molar-refractivity contribution in [2.75, 3.05) is 23.3 Å². The highest BCUT2D eigenvalue weighted by atomic mass is 16.1. The number of hydrogen-bond acceptors (Lipinski definition) is 6. The van der Waals surface area contributed by atoms with Crippen LogP contribution in [0.15, 0.2) is 29.5 Å². The molecule has 7 heteroatoms. The molecule has 1 aliphatic carbocycles. The van der Waals surface area contributed by atoms with Crippen LogP contribution in [0, 0.1) is 0 Å². The van der Waals surface area contributed by atoms with Crippen LogP contribution in [0.3, 0.4) is 0 Å². The highest BCUT2D eigenvalue weighted by molar-refractivity contribution is 5.40. The van der Waals surface area contributed by atoms with E-state index >= 15 is 0 Å². The van der Waals surface area contributed by atoms with Crippen molar-refractivity contribution in [3.05, 3.63) is 40.8 Å². The summed E-state index contributed by atoms with van der Waals surface area (Å²) in [7, 11) is 1.76. The van der Waals surface area contributed by atoms with Gasteiger partial charge in [-0.15, -0.1) is 0 Å². The van der Waals surface area contributed by atoms with E-state index in [1.54, 1.807) is 24.0 Å². The molecule has 0 amide bonds. The van der Waals surface area contributed by atoms with Crippen molar-refractivity contribution in [1.82, 2.24) is 19.5 Å². The first-order valence-electron chi connectivity index (χ1n) is 8.57. The molecule has 0 spiro atoms. The Morgan fingerprint density at radius 3 is 2.92 bits per heavy atom. The van der Waals surface area contributed by atoms with E-state index in [2.05, 4.69) is 25.2 Å². The third-order valence-electron chi connectivity index (χ3n) is 4.69. The normalized spacial score (nSPS) is 20.9. The molecule has 1 N–H and O–H groups in total. The molecule has 1 saturated carbocycles. The molecule has 0 bridgehead atoms. The van der Waals surface area contributed by atoms with E-state index in [0.29, 0.717) is 11.7 Å². The van der Waals surface area contributed by atoms with E-state index in [-0.39, 0.29) is 11.6 Å². The number of aromatic nitrogens is 4. The van der Waals surface area contributed by atoms with Crippen LogP contribution in [0.2, 0.25) is 0 Å². The number of piperidine rings is 1. The van der Waals surface area contributed by atoms with Crippen LogP contribution in [-0.2, 0) is 7.05 Å². The second-order valence-corrected chi connectivity index (χ2v) is 6.67. The van der Waals surface area contributed by atoms with Crippen molar-refractivity contribution in [3.63, 3.8) is 0 Å². The highest BCUT2D eigenvalue weighted by Gasteiger charge is 2.27. The predicted molar refractivity (Wildman–Crippen MR) is 92.3 cm³/mol. The van der Waals surface area contributed by atoms with Crippen LogP contribution >= 0.6 is 0 Å². The van der Waals surface area contributed by atoms with E-state index < -0.39 is 0 Å². The molecule has 2 aromatic rings. The molecular formula is C17H22N6O. The van der Waals surface area contributed by atoms with Gasteiger partial charge in [0, 0.05) is 50.7 Å². The van der Waals surface area contributed by atoms with Crippen LogP contribution in [0.4, 0.5) is 11.6 Å². The smallest absolute Gasteiger partial charge is 0.293 e. The summed E-state index contributed by atoms with van der Waals surface area (Å²) < 4.78 is 1.58. The van der Waals surface area contributed by atoms with Gasteiger partial charge in [-0.05, 0) is 31.7 Å². The van der Waals surface area contributed by atoms with Gasteiger partial charge in [-0.25, -0.2) is 15.0 Å². The number of hydrogen-bond donors (Lipinski definition) is 1. The van der Waals surface area contributed by atoms with Crippen molar-refractivity contribution in [3.8, 4) is 0 Å². The zero-order chi connectivity index (χ0) is 16.5. The summed E-state index contributed by atoms with van der Waals surface area (Å²) in [5.41, 5.74) is -0.0452. The lowest BCUT2D eigenvalue weighted by Crippen LogP contribution is -2.45. The third kappa shape index (κ3) is 3.11. The summed E-state index contributed by atoms with van der Waals surface area (Å²) in [6, 6.07) is 2.18. The van der Waals surface area contributed by atoms with Crippen molar-refractivity contribution < 1.29 is 0 Å². The maximum absolute atomic E-state index is 12.3. The summed E-state index contributed by atoms with van der Waals surface area (Å²) >= 11 is 0. The zero-order valence-electron chi connectivity index (χ0n) is 13.9. The highest BCUT2D eigenvalue weighted by Crippen LogP contribution is 2.38. The molecule has 7 nitrogen and oxygen atoms in total. The fourth-order valence-electron chi connectivity index (χ4n) is 3.19. The largest absolute Gasteiger partial charge is 0.365 e. The third-order valence-corrected chi connectivity index (χ3v) is 4.69. The lowest BCUT2D eigenvalue weighted by atomic mass is 10.1. The average Bonchev–Trinajstić information content (AvgIpc) is 3.43. The second-order valence-electron chi connectivity index (χ2n) is 6.67. The fraction of sp³-hybridized carbons (Fsp3) is 0.529. The Balaban J connectivity index is 1.48. The van der Waals surface area contributed by atoms with Crippen molar-refractivity contribution in [2.24, 2.45) is 7.05 Å². The van der Waals surface area contributed by atoms with Gasteiger partial charge in [0.1, 0.15) is 11.6 Å².